The summed E-state index contributed by atoms with van der Waals surface area (Å²) in [4.78, 5) is 60.7. The first kappa shape index (κ1) is 64.0. The van der Waals surface area contributed by atoms with Crippen molar-refractivity contribution < 1.29 is 45.0 Å². The average Bonchev–Trinajstić information content (AvgIpc) is 1.67. The summed E-state index contributed by atoms with van der Waals surface area (Å²) < 4.78 is 84.7. The van der Waals surface area contributed by atoms with Crippen molar-refractivity contribution >= 4 is 86.4 Å². The van der Waals surface area contributed by atoms with Crippen molar-refractivity contribution in [2.75, 3.05) is 60.2 Å². The van der Waals surface area contributed by atoms with Gasteiger partial charge in [-0.05, 0) is 104 Å². The number of fused-ring (bicyclic) bond motifs is 9. The Kier molecular flexibility index (Phi) is 17.8. The number of methoxy groups -OCH3 is 1. The van der Waals surface area contributed by atoms with E-state index in [1.54, 1.807) is 42.9 Å². The molecule has 0 bridgehead atoms. The normalized spacial score (nSPS) is 17.0. The van der Waals surface area contributed by atoms with Crippen molar-refractivity contribution in [2.45, 2.75) is 128 Å². The van der Waals surface area contributed by atoms with Crippen LogP contribution in [0.5, 0.6) is 0 Å². The highest BCUT2D eigenvalue weighted by atomic mass is 32.2. The second-order valence-electron chi connectivity index (χ2n) is 23.9. The molecular formula is C61H75N15O10S3. The number of anilines is 3. The van der Waals surface area contributed by atoms with E-state index in [4.69, 9.17) is 19.7 Å². The summed E-state index contributed by atoms with van der Waals surface area (Å²) in [6.07, 6.45) is 8.68. The van der Waals surface area contributed by atoms with Crippen LogP contribution >= 0.6 is 0 Å². The van der Waals surface area contributed by atoms with Crippen LogP contribution in [0.15, 0.2) is 87.9 Å². The minimum Gasteiger partial charge on any atom is -0.465 e. The summed E-state index contributed by atoms with van der Waals surface area (Å²) in [6, 6.07) is 15.1. The highest BCUT2D eigenvalue weighted by Crippen LogP contribution is 2.41. The van der Waals surface area contributed by atoms with E-state index < -0.39 is 35.5 Å². The fourth-order valence-electron chi connectivity index (χ4n) is 12.3. The van der Waals surface area contributed by atoms with Gasteiger partial charge in [0.15, 0.2) is 29.5 Å². The molecule has 9 aromatic rings. The summed E-state index contributed by atoms with van der Waals surface area (Å²) in [6.45, 7) is 21.8. The number of rotatable bonds is 12. The minimum atomic E-state index is -3.65. The number of imidazole rings is 3. The van der Waals surface area contributed by atoms with Crippen molar-refractivity contribution in [1.29, 1.82) is 0 Å². The first-order chi connectivity index (χ1) is 42.0. The molecule has 9 heterocycles. The van der Waals surface area contributed by atoms with Crippen molar-refractivity contribution in [1.82, 2.24) is 58.6 Å². The molecule has 3 aromatic carbocycles. The third kappa shape index (κ3) is 12.5. The smallest absolute Gasteiger partial charge is 0.339 e. The lowest BCUT2D eigenvalue weighted by atomic mass is 10.00. The van der Waals surface area contributed by atoms with Gasteiger partial charge in [-0.15, -0.1) is 0 Å². The standard InChI is InChI=1S/C21H25N5O4S.2C20H25N5O3S/c1-12(2)18-19-24-15-10-14(20(27)30-4)17(31(5,28)29)11-16(15)25(19)8-9-26(18)21-22-7-6-13(3)23-21;2*1-12(2)18-19-23-15-9-14(11-26)17(29(4,27)28)10-16(15)24(19)7-8-25(18)20-21-6-5-13(3)22-20/h6-7,10-12,18H,8-9H2,1-5H3;2*5-6,9-10,12,18,26H,7-8,11H2,1-4H3/t3*18-/m110/s1. The maximum absolute atomic E-state index is 12.4. The Labute approximate surface area is 517 Å². The van der Waals surface area contributed by atoms with Gasteiger partial charge in [0.05, 0.1) is 91.8 Å². The molecule has 0 fully saturated rings. The van der Waals surface area contributed by atoms with Gasteiger partial charge in [-0.2, -0.15) is 0 Å². The SMILES string of the molecule is COC(=O)c1cc2nc3n(c2cc1S(C)(=O)=O)CCN(c1nccc(C)n1)[C@@H]3C(C)C.Cc1ccnc(N2CCn3c(nc4cc(CO)c(S(C)(=O)=O)cc43)[C@@H]2C(C)C)n1.Cc1ccnc(N2CCn3c(nc4cc(CO)c(S(C)(=O)=O)cc43)[C@H]2C(C)C)n1. The van der Waals surface area contributed by atoms with Gasteiger partial charge in [-0.25, -0.2) is 74.9 Å². The fraction of sp³-hybridized carbons (Fsp3) is 0.443. The molecule has 0 unspecified atom stereocenters. The summed E-state index contributed by atoms with van der Waals surface area (Å²) in [5, 5.41) is 19.4. The number of benzene rings is 3. The van der Waals surface area contributed by atoms with E-state index in [9.17, 15) is 40.3 Å². The van der Waals surface area contributed by atoms with Crippen LogP contribution in [-0.2, 0) is 67.1 Å². The van der Waals surface area contributed by atoms with E-state index in [0.29, 0.717) is 90.3 Å². The largest absolute Gasteiger partial charge is 0.465 e. The number of carbonyl (C=O) groups excluding carboxylic acids is 1. The molecule has 28 heteroatoms. The lowest BCUT2D eigenvalue weighted by molar-refractivity contribution is 0.0596. The molecule has 25 nitrogen and oxygen atoms in total. The molecule has 0 spiro atoms. The first-order valence-corrected chi connectivity index (χ1v) is 34.9. The molecule has 3 aliphatic rings. The number of carbonyl (C=O) groups is 1. The minimum absolute atomic E-state index is 0.00656. The predicted octanol–water partition coefficient (Wildman–Crippen LogP) is 7.04. The van der Waals surface area contributed by atoms with Gasteiger partial charge in [0.1, 0.15) is 17.5 Å². The number of aryl methyl sites for hydroxylation is 3. The van der Waals surface area contributed by atoms with E-state index in [-0.39, 0.29) is 69.3 Å². The van der Waals surface area contributed by atoms with Crippen molar-refractivity contribution in [3.63, 3.8) is 0 Å². The third-order valence-corrected chi connectivity index (χ3v) is 19.7. The Morgan fingerprint density at radius 1 is 0.483 bits per heavy atom. The zero-order valence-corrected chi connectivity index (χ0v) is 54.6. The predicted molar refractivity (Wildman–Crippen MR) is 337 cm³/mol. The number of esters is 1. The molecule has 0 aliphatic carbocycles. The monoisotopic (exact) mass is 1270 g/mol. The van der Waals surface area contributed by atoms with Gasteiger partial charge in [-0.1, -0.05) is 41.5 Å². The van der Waals surface area contributed by atoms with Crippen LogP contribution in [-0.4, -0.2) is 146 Å². The second-order valence-corrected chi connectivity index (χ2v) is 29.8. The molecule has 6 aromatic heterocycles. The van der Waals surface area contributed by atoms with Crippen LogP contribution in [0.25, 0.3) is 33.1 Å². The number of nitrogens with zero attached hydrogens (tertiary/aromatic N) is 15. The molecule has 0 amide bonds. The number of ether oxygens (including phenoxy) is 1. The number of aliphatic hydroxyl groups is 2. The Morgan fingerprint density at radius 3 is 1.06 bits per heavy atom. The molecule has 472 valence electrons. The van der Waals surface area contributed by atoms with E-state index in [1.807, 2.05) is 43.5 Å². The zero-order valence-electron chi connectivity index (χ0n) is 52.1. The Morgan fingerprint density at radius 2 is 0.787 bits per heavy atom. The van der Waals surface area contributed by atoms with Gasteiger partial charge in [0.25, 0.3) is 0 Å². The van der Waals surface area contributed by atoms with Crippen LogP contribution in [0.3, 0.4) is 0 Å². The van der Waals surface area contributed by atoms with Crippen LogP contribution in [0.4, 0.5) is 17.8 Å². The molecule has 0 radical (unpaired) electrons. The summed E-state index contributed by atoms with van der Waals surface area (Å²) >= 11 is 0. The van der Waals surface area contributed by atoms with Crippen LogP contribution in [0, 0.1) is 38.5 Å². The van der Waals surface area contributed by atoms with Gasteiger partial charge >= 0.3 is 5.97 Å². The number of aliphatic hydroxyl groups excluding tert-OH is 2. The molecule has 3 atom stereocenters. The van der Waals surface area contributed by atoms with Crippen LogP contribution in [0.2, 0.25) is 0 Å². The highest BCUT2D eigenvalue weighted by Gasteiger charge is 2.39. The Bertz CT molecular complexity index is 4380. The second kappa shape index (κ2) is 24.7. The Hall–Kier alpha value is -8.05. The van der Waals surface area contributed by atoms with Crippen LogP contribution < -0.4 is 14.7 Å². The molecular weight excluding hydrogens is 1200 g/mol. The van der Waals surface area contributed by atoms with Gasteiger partial charge in [0, 0.05) is 93.7 Å². The van der Waals surface area contributed by atoms with Crippen molar-refractivity contribution in [3.8, 4) is 0 Å². The van der Waals surface area contributed by atoms with Gasteiger partial charge in [-0.3, -0.25) is 0 Å². The molecule has 89 heavy (non-hydrogen) atoms. The molecule has 12 rings (SSSR count). The summed E-state index contributed by atoms with van der Waals surface area (Å²) in [5.41, 5.74) is 7.58. The number of aromatic nitrogens is 12. The fourth-order valence-corrected chi connectivity index (χ4v) is 15.0. The Balaban J connectivity index is 0.000000147. The first-order valence-electron chi connectivity index (χ1n) is 29.2. The lowest BCUT2D eigenvalue weighted by Crippen LogP contribution is -2.41. The third-order valence-electron chi connectivity index (χ3n) is 16.2. The summed E-state index contributed by atoms with van der Waals surface area (Å²) in [5.74, 6) is 4.47. The quantitative estimate of drug-likeness (QED) is 0.116. The lowest BCUT2D eigenvalue weighted by Gasteiger charge is -2.38. The van der Waals surface area contributed by atoms with Gasteiger partial charge < -0.3 is 43.4 Å². The number of hydrogen-bond donors (Lipinski definition) is 2. The molecule has 2 N–H and O–H groups in total. The molecule has 0 saturated heterocycles. The number of hydrogen-bond acceptors (Lipinski definition) is 22. The zero-order chi connectivity index (χ0) is 64.3. The van der Waals surface area contributed by atoms with E-state index in [0.717, 1.165) is 64.4 Å². The average molecular weight is 1270 g/mol. The summed E-state index contributed by atoms with van der Waals surface area (Å²) in [7, 11) is -9.34. The topological polar surface area (TPSA) is 310 Å². The highest BCUT2D eigenvalue weighted by molar-refractivity contribution is 7.91. The molecule has 0 saturated carbocycles. The van der Waals surface area contributed by atoms with E-state index in [2.05, 4.69) is 95.3 Å². The van der Waals surface area contributed by atoms with E-state index in [1.165, 1.54) is 19.2 Å². The van der Waals surface area contributed by atoms with Crippen LogP contribution in [0.1, 0.15) is 116 Å². The van der Waals surface area contributed by atoms with Crippen molar-refractivity contribution in [3.05, 3.63) is 124 Å². The van der Waals surface area contributed by atoms with Crippen molar-refractivity contribution in [2.24, 2.45) is 17.8 Å². The maximum atomic E-state index is 12.4. The van der Waals surface area contributed by atoms with E-state index >= 15 is 0 Å². The molecule has 3 aliphatic heterocycles. The maximum Gasteiger partial charge on any atom is 0.339 e. The number of sulfone groups is 3. The van der Waals surface area contributed by atoms with Gasteiger partial charge in [0.2, 0.25) is 17.8 Å².